The van der Waals surface area contributed by atoms with Crippen molar-refractivity contribution in [3.63, 3.8) is 0 Å². The quantitative estimate of drug-likeness (QED) is 0.448. The highest BCUT2D eigenvalue weighted by molar-refractivity contribution is 7.92. The number of sulfonamides is 1. The second-order valence-electron chi connectivity index (χ2n) is 4.08. The van der Waals surface area contributed by atoms with Gasteiger partial charge >= 0.3 is 0 Å². The van der Waals surface area contributed by atoms with Gasteiger partial charge < -0.3 is 0 Å². The molecule has 18 heavy (non-hydrogen) atoms. The van der Waals surface area contributed by atoms with Crippen LogP contribution in [0.25, 0.3) is 0 Å². The number of hydrazine groups is 1. The first-order valence-electron chi connectivity index (χ1n) is 5.62. The molecule has 0 atom stereocenters. The van der Waals surface area contributed by atoms with Crippen LogP contribution >= 0.6 is 0 Å². The largest absolute Gasteiger partial charge is 0.294 e. The molecule has 7 heteroatoms. The third-order valence-corrected chi connectivity index (χ3v) is 4.70. The summed E-state index contributed by atoms with van der Waals surface area (Å²) in [6, 6.07) is 7.39. The zero-order chi connectivity index (χ0) is 13.2. The number of fused-ring (bicyclic) bond motifs is 1. The van der Waals surface area contributed by atoms with Crippen LogP contribution in [-0.4, -0.2) is 26.6 Å². The van der Waals surface area contributed by atoms with Crippen LogP contribution in [0.3, 0.4) is 0 Å². The third-order valence-electron chi connectivity index (χ3n) is 2.93. The summed E-state index contributed by atoms with van der Waals surface area (Å²) >= 11 is 0. The highest BCUT2D eigenvalue weighted by atomic mass is 32.2. The van der Waals surface area contributed by atoms with Gasteiger partial charge in [-0.2, -0.15) is 0 Å². The second-order valence-corrected chi connectivity index (χ2v) is 6.10. The van der Waals surface area contributed by atoms with Crippen molar-refractivity contribution in [1.82, 2.24) is 5.43 Å². The van der Waals surface area contributed by atoms with Gasteiger partial charge in [0.2, 0.25) is 15.9 Å². The van der Waals surface area contributed by atoms with Crippen LogP contribution in [0.4, 0.5) is 5.69 Å². The summed E-state index contributed by atoms with van der Waals surface area (Å²) in [6.07, 6.45) is 0.579. The Labute approximate surface area is 106 Å². The van der Waals surface area contributed by atoms with E-state index in [1.807, 2.05) is 17.6 Å². The summed E-state index contributed by atoms with van der Waals surface area (Å²) in [7, 11) is -3.46. The maximum Gasteiger partial charge on any atom is 0.235 e. The van der Waals surface area contributed by atoms with Crippen molar-refractivity contribution >= 4 is 21.6 Å². The number of nitrogens with one attached hydrogen (secondary N) is 1. The van der Waals surface area contributed by atoms with Gasteiger partial charge in [-0.05, 0) is 18.1 Å². The van der Waals surface area contributed by atoms with Gasteiger partial charge in [-0.1, -0.05) is 18.2 Å². The van der Waals surface area contributed by atoms with Crippen LogP contribution in [0.15, 0.2) is 24.3 Å². The zero-order valence-electron chi connectivity index (χ0n) is 9.80. The lowest BCUT2D eigenvalue weighted by molar-refractivity contribution is -0.120. The Morgan fingerprint density at radius 3 is 2.83 bits per heavy atom. The highest BCUT2D eigenvalue weighted by Gasteiger charge is 2.29. The molecule has 1 aliphatic heterocycles. The van der Waals surface area contributed by atoms with E-state index in [0.717, 1.165) is 5.56 Å². The van der Waals surface area contributed by atoms with Crippen molar-refractivity contribution in [2.45, 2.75) is 12.8 Å². The monoisotopic (exact) mass is 269 g/mol. The van der Waals surface area contributed by atoms with Gasteiger partial charge in [-0.3, -0.25) is 14.5 Å². The van der Waals surface area contributed by atoms with Gasteiger partial charge in [0, 0.05) is 13.0 Å². The molecule has 98 valence electrons. The molecular weight excluding hydrogens is 254 g/mol. The van der Waals surface area contributed by atoms with Crippen LogP contribution in [-0.2, 0) is 21.2 Å². The van der Waals surface area contributed by atoms with E-state index >= 15 is 0 Å². The lowest BCUT2D eigenvalue weighted by atomic mass is 10.2. The minimum absolute atomic E-state index is 0.127. The molecule has 0 aliphatic carbocycles. The Balaban J connectivity index is 2.15. The molecule has 1 aromatic carbocycles. The Morgan fingerprint density at radius 1 is 1.39 bits per heavy atom. The number of nitrogens with zero attached hydrogens (tertiary/aromatic N) is 1. The second kappa shape index (κ2) is 4.95. The fraction of sp³-hybridized carbons (Fsp3) is 0.364. The Bertz CT molecular complexity index is 556. The summed E-state index contributed by atoms with van der Waals surface area (Å²) in [5, 5.41) is 0. The van der Waals surface area contributed by atoms with Gasteiger partial charge in [-0.25, -0.2) is 14.3 Å². The highest BCUT2D eigenvalue weighted by Crippen LogP contribution is 2.30. The smallest absolute Gasteiger partial charge is 0.235 e. The van der Waals surface area contributed by atoms with Crippen LogP contribution in [0.5, 0.6) is 0 Å². The summed E-state index contributed by atoms with van der Waals surface area (Å²) < 4.78 is 25.6. The Hall–Kier alpha value is -1.60. The van der Waals surface area contributed by atoms with E-state index in [9.17, 15) is 13.2 Å². The predicted octanol–water partition coefficient (Wildman–Crippen LogP) is -0.241. The molecule has 6 nitrogen and oxygen atoms in total. The first-order chi connectivity index (χ1) is 8.54. The van der Waals surface area contributed by atoms with Crippen molar-refractivity contribution in [3.05, 3.63) is 29.8 Å². The molecule has 0 saturated heterocycles. The van der Waals surface area contributed by atoms with E-state index in [2.05, 4.69) is 0 Å². The van der Waals surface area contributed by atoms with Crippen LogP contribution in [0.1, 0.15) is 12.0 Å². The average Bonchev–Trinajstić information content (AvgIpc) is 2.80. The van der Waals surface area contributed by atoms with Crippen LogP contribution in [0.2, 0.25) is 0 Å². The van der Waals surface area contributed by atoms with E-state index in [1.54, 1.807) is 12.1 Å². The number of amides is 1. The molecule has 0 spiro atoms. The standard InChI is InChI=1S/C11H15N3O3S/c12-13-11(15)6-8-18(16,17)14-7-5-9-3-1-2-4-10(9)14/h1-4H,5-8,12H2,(H,13,15). The SMILES string of the molecule is NNC(=O)CCS(=O)(=O)N1CCc2ccccc21. The number of anilines is 1. The fourth-order valence-corrected chi connectivity index (χ4v) is 3.51. The number of carbonyl (C=O) groups is 1. The van der Waals surface area contributed by atoms with Crippen LogP contribution in [0, 0.1) is 0 Å². The van der Waals surface area contributed by atoms with Crippen molar-refractivity contribution < 1.29 is 13.2 Å². The van der Waals surface area contributed by atoms with E-state index in [1.165, 1.54) is 4.31 Å². The topological polar surface area (TPSA) is 92.5 Å². The molecule has 1 amide bonds. The number of para-hydroxylation sites is 1. The Morgan fingerprint density at radius 2 is 2.11 bits per heavy atom. The van der Waals surface area contributed by atoms with E-state index < -0.39 is 15.9 Å². The van der Waals surface area contributed by atoms with Gasteiger partial charge in [-0.15, -0.1) is 0 Å². The lowest BCUT2D eigenvalue weighted by Crippen LogP contribution is -2.36. The normalized spacial score (nSPS) is 14.4. The van der Waals surface area contributed by atoms with E-state index in [4.69, 9.17) is 5.84 Å². The summed E-state index contributed by atoms with van der Waals surface area (Å²) in [5.41, 5.74) is 3.66. The molecule has 1 heterocycles. The third kappa shape index (κ3) is 2.46. The fourth-order valence-electron chi connectivity index (χ4n) is 2.00. The Kier molecular flexibility index (Phi) is 3.53. The van der Waals surface area contributed by atoms with Crippen molar-refractivity contribution in [2.24, 2.45) is 5.84 Å². The molecule has 0 unspecified atom stereocenters. The molecule has 3 N–H and O–H groups in total. The van der Waals surface area contributed by atoms with E-state index in [-0.39, 0.29) is 12.2 Å². The lowest BCUT2D eigenvalue weighted by Gasteiger charge is -2.19. The first-order valence-corrected chi connectivity index (χ1v) is 7.23. The summed E-state index contributed by atoms with van der Waals surface area (Å²) in [6.45, 7) is 0.436. The minimum Gasteiger partial charge on any atom is -0.294 e. The number of rotatable bonds is 4. The molecule has 1 aliphatic rings. The number of hydrogen-bond acceptors (Lipinski definition) is 4. The molecule has 0 aromatic heterocycles. The molecule has 1 aromatic rings. The van der Waals surface area contributed by atoms with Gasteiger partial charge in [0.15, 0.2) is 0 Å². The zero-order valence-corrected chi connectivity index (χ0v) is 10.6. The molecular formula is C11H15N3O3S. The maximum absolute atomic E-state index is 12.1. The minimum atomic E-state index is -3.46. The average molecular weight is 269 g/mol. The molecule has 0 radical (unpaired) electrons. The van der Waals surface area contributed by atoms with Gasteiger partial charge in [0.25, 0.3) is 0 Å². The predicted molar refractivity (Wildman–Crippen MR) is 68.2 cm³/mol. The van der Waals surface area contributed by atoms with Gasteiger partial charge in [0.1, 0.15) is 0 Å². The van der Waals surface area contributed by atoms with Crippen molar-refractivity contribution in [3.8, 4) is 0 Å². The molecule has 0 bridgehead atoms. The maximum atomic E-state index is 12.1. The molecule has 2 rings (SSSR count). The van der Waals surface area contributed by atoms with Crippen LogP contribution < -0.4 is 15.6 Å². The van der Waals surface area contributed by atoms with Crippen molar-refractivity contribution in [1.29, 1.82) is 0 Å². The summed E-state index contributed by atoms with van der Waals surface area (Å²) in [5.74, 6) is 4.21. The number of benzene rings is 1. The summed E-state index contributed by atoms with van der Waals surface area (Å²) in [4.78, 5) is 11.0. The molecule has 0 fully saturated rings. The van der Waals surface area contributed by atoms with E-state index in [0.29, 0.717) is 18.7 Å². The number of carbonyl (C=O) groups excluding carboxylic acids is 1. The number of hydrogen-bond donors (Lipinski definition) is 2. The van der Waals surface area contributed by atoms with Gasteiger partial charge in [0.05, 0.1) is 11.4 Å². The first kappa shape index (κ1) is 12.8. The molecule has 0 saturated carbocycles. The van der Waals surface area contributed by atoms with Crippen molar-refractivity contribution in [2.75, 3.05) is 16.6 Å². The number of nitrogens with two attached hydrogens (primary N) is 1.